The third-order valence-corrected chi connectivity index (χ3v) is 4.11. The second-order valence-electron chi connectivity index (χ2n) is 5.10. The first-order valence-corrected chi connectivity index (χ1v) is 6.69. The van der Waals surface area contributed by atoms with Gasteiger partial charge in [0.1, 0.15) is 5.82 Å². The summed E-state index contributed by atoms with van der Waals surface area (Å²) in [5.74, 6) is -0.209. The van der Waals surface area contributed by atoms with Gasteiger partial charge in [-0.05, 0) is 37.2 Å². The lowest BCUT2D eigenvalue weighted by molar-refractivity contribution is -0.110. The number of ether oxygens (including phenoxy) is 2. The van der Waals surface area contributed by atoms with Crippen molar-refractivity contribution in [1.29, 1.82) is 0 Å². The Labute approximate surface area is 114 Å². The highest BCUT2D eigenvalue weighted by atomic mass is 19.1. The molecule has 4 heteroatoms. The number of likely N-dealkylation sites (N-methyl/N-ethyl adjacent to an activating group) is 1. The largest absolute Gasteiger partial charge is 0.381 e. The van der Waals surface area contributed by atoms with Crippen LogP contribution in [0.15, 0.2) is 18.2 Å². The molecule has 1 unspecified atom stereocenters. The first-order valence-electron chi connectivity index (χ1n) is 6.69. The van der Waals surface area contributed by atoms with Gasteiger partial charge >= 0.3 is 0 Å². The fraction of sp³-hybridized carbons (Fsp3) is 0.600. The van der Waals surface area contributed by atoms with Crippen molar-refractivity contribution < 1.29 is 13.9 Å². The Bertz CT molecular complexity index is 430. The standard InChI is InChI=1S/C15H22FNO2/c1-11-4-5-12(16)10-13(11)14(17-2)15(18-3)6-8-19-9-7-15/h4-5,10,14,17H,6-9H2,1-3H3. The van der Waals surface area contributed by atoms with E-state index in [0.29, 0.717) is 13.2 Å². The summed E-state index contributed by atoms with van der Waals surface area (Å²) in [5, 5.41) is 3.30. The Balaban J connectivity index is 2.39. The molecule has 1 saturated heterocycles. The van der Waals surface area contributed by atoms with E-state index >= 15 is 0 Å². The zero-order valence-corrected chi connectivity index (χ0v) is 11.8. The first-order chi connectivity index (χ1) is 9.13. The van der Waals surface area contributed by atoms with Gasteiger partial charge in [0.05, 0.1) is 11.6 Å². The van der Waals surface area contributed by atoms with E-state index in [1.54, 1.807) is 13.2 Å². The highest BCUT2D eigenvalue weighted by Crippen LogP contribution is 2.38. The predicted molar refractivity (Wildman–Crippen MR) is 72.7 cm³/mol. The molecule has 0 radical (unpaired) electrons. The minimum Gasteiger partial charge on any atom is -0.381 e. The van der Waals surface area contributed by atoms with Crippen molar-refractivity contribution in [3.05, 3.63) is 35.1 Å². The Morgan fingerprint density at radius 1 is 1.37 bits per heavy atom. The molecule has 1 fully saturated rings. The fourth-order valence-electron chi connectivity index (χ4n) is 2.95. The molecule has 0 aromatic heterocycles. The second-order valence-corrected chi connectivity index (χ2v) is 5.10. The van der Waals surface area contributed by atoms with Gasteiger partial charge in [0, 0.05) is 33.2 Å². The van der Waals surface area contributed by atoms with Gasteiger partial charge in [0.2, 0.25) is 0 Å². The molecule has 0 aliphatic carbocycles. The molecule has 0 bridgehead atoms. The monoisotopic (exact) mass is 267 g/mol. The van der Waals surface area contributed by atoms with Crippen LogP contribution in [0.2, 0.25) is 0 Å². The Morgan fingerprint density at radius 2 is 2.05 bits per heavy atom. The van der Waals surface area contributed by atoms with Gasteiger partial charge in [0.15, 0.2) is 0 Å². The van der Waals surface area contributed by atoms with Gasteiger partial charge in [-0.2, -0.15) is 0 Å². The summed E-state index contributed by atoms with van der Waals surface area (Å²) in [6.45, 7) is 3.36. The molecule has 19 heavy (non-hydrogen) atoms. The Morgan fingerprint density at radius 3 is 2.63 bits per heavy atom. The van der Waals surface area contributed by atoms with Crippen LogP contribution in [0.3, 0.4) is 0 Å². The van der Waals surface area contributed by atoms with Gasteiger partial charge in [0.25, 0.3) is 0 Å². The normalized spacial score (nSPS) is 20.2. The van der Waals surface area contributed by atoms with Crippen LogP contribution in [-0.2, 0) is 9.47 Å². The van der Waals surface area contributed by atoms with Crippen molar-refractivity contribution >= 4 is 0 Å². The van der Waals surface area contributed by atoms with Crippen LogP contribution >= 0.6 is 0 Å². The molecule has 0 saturated carbocycles. The highest BCUT2D eigenvalue weighted by molar-refractivity contribution is 5.32. The third-order valence-electron chi connectivity index (χ3n) is 4.11. The summed E-state index contributed by atoms with van der Waals surface area (Å²) in [4.78, 5) is 0. The van der Waals surface area contributed by atoms with E-state index in [1.807, 2.05) is 20.0 Å². The van der Waals surface area contributed by atoms with Crippen molar-refractivity contribution in [2.75, 3.05) is 27.4 Å². The van der Waals surface area contributed by atoms with Crippen LogP contribution in [0.1, 0.15) is 30.0 Å². The van der Waals surface area contributed by atoms with E-state index in [-0.39, 0.29) is 17.5 Å². The number of nitrogens with one attached hydrogen (secondary N) is 1. The first kappa shape index (κ1) is 14.4. The molecule has 0 spiro atoms. The molecule has 1 aliphatic heterocycles. The molecular formula is C15H22FNO2. The van der Waals surface area contributed by atoms with Crippen LogP contribution in [0.5, 0.6) is 0 Å². The van der Waals surface area contributed by atoms with Crippen molar-refractivity contribution in [2.24, 2.45) is 0 Å². The number of hydrogen-bond donors (Lipinski definition) is 1. The lowest BCUT2D eigenvalue weighted by Gasteiger charge is -2.42. The van der Waals surface area contributed by atoms with E-state index in [9.17, 15) is 4.39 Å². The molecule has 1 N–H and O–H groups in total. The average Bonchev–Trinajstić information content (AvgIpc) is 2.44. The van der Waals surface area contributed by atoms with E-state index in [4.69, 9.17) is 9.47 Å². The van der Waals surface area contributed by atoms with Crippen LogP contribution in [0.4, 0.5) is 4.39 Å². The quantitative estimate of drug-likeness (QED) is 0.909. The number of benzene rings is 1. The van der Waals surface area contributed by atoms with Crippen molar-refractivity contribution in [3.8, 4) is 0 Å². The minimum atomic E-state index is -0.328. The lowest BCUT2D eigenvalue weighted by Crippen LogP contribution is -2.48. The van der Waals surface area contributed by atoms with Crippen LogP contribution in [0, 0.1) is 12.7 Å². The second kappa shape index (κ2) is 5.99. The van der Waals surface area contributed by atoms with Crippen LogP contribution < -0.4 is 5.32 Å². The third kappa shape index (κ3) is 2.81. The number of halogens is 1. The highest BCUT2D eigenvalue weighted by Gasteiger charge is 2.41. The number of hydrogen-bond acceptors (Lipinski definition) is 3. The molecule has 2 rings (SSSR count). The fourth-order valence-corrected chi connectivity index (χ4v) is 2.95. The van der Waals surface area contributed by atoms with Gasteiger partial charge in [-0.1, -0.05) is 6.07 Å². The molecule has 106 valence electrons. The lowest BCUT2D eigenvalue weighted by atomic mass is 9.80. The molecule has 1 atom stereocenters. The Kier molecular flexibility index (Phi) is 4.55. The number of aryl methyl sites for hydroxylation is 1. The maximum Gasteiger partial charge on any atom is 0.123 e. The summed E-state index contributed by atoms with van der Waals surface area (Å²) < 4.78 is 24.8. The van der Waals surface area contributed by atoms with E-state index < -0.39 is 0 Å². The zero-order chi connectivity index (χ0) is 13.9. The summed E-state index contributed by atoms with van der Waals surface area (Å²) >= 11 is 0. The van der Waals surface area contributed by atoms with Crippen LogP contribution in [-0.4, -0.2) is 33.0 Å². The predicted octanol–water partition coefficient (Wildman–Crippen LogP) is 2.59. The van der Waals surface area contributed by atoms with Gasteiger partial charge in [-0.15, -0.1) is 0 Å². The maximum absolute atomic E-state index is 13.5. The molecule has 3 nitrogen and oxygen atoms in total. The number of rotatable bonds is 4. The van der Waals surface area contributed by atoms with E-state index in [1.165, 1.54) is 6.07 Å². The summed E-state index contributed by atoms with van der Waals surface area (Å²) in [6.07, 6.45) is 1.62. The van der Waals surface area contributed by atoms with Gasteiger partial charge in [-0.25, -0.2) is 4.39 Å². The van der Waals surface area contributed by atoms with Gasteiger partial charge in [-0.3, -0.25) is 0 Å². The summed E-state index contributed by atoms with van der Waals surface area (Å²) in [5.41, 5.74) is 1.71. The SMILES string of the molecule is CNC(c1cc(F)ccc1C)C1(OC)CCOCC1. The molecule has 1 aromatic carbocycles. The van der Waals surface area contributed by atoms with Crippen molar-refractivity contribution in [3.63, 3.8) is 0 Å². The summed E-state index contributed by atoms with van der Waals surface area (Å²) in [7, 11) is 3.62. The molecule has 0 amide bonds. The van der Waals surface area contributed by atoms with E-state index in [0.717, 1.165) is 24.0 Å². The zero-order valence-electron chi connectivity index (χ0n) is 11.8. The average molecular weight is 267 g/mol. The molecule has 1 heterocycles. The molecular weight excluding hydrogens is 245 g/mol. The van der Waals surface area contributed by atoms with Crippen molar-refractivity contribution in [2.45, 2.75) is 31.4 Å². The molecule has 1 aromatic rings. The topological polar surface area (TPSA) is 30.5 Å². The Hall–Kier alpha value is -0.970. The van der Waals surface area contributed by atoms with Gasteiger partial charge < -0.3 is 14.8 Å². The number of methoxy groups -OCH3 is 1. The van der Waals surface area contributed by atoms with Crippen LogP contribution in [0.25, 0.3) is 0 Å². The minimum absolute atomic E-state index is 0.0305. The van der Waals surface area contributed by atoms with E-state index in [2.05, 4.69) is 5.32 Å². The van der Waals surface area contributed by atoms with Crippen molar-refractivity contribution in [1.82, 2.24) is 5.32 Å². The summed E-state index contributed by atoms with van der Waals surface area (Å²) in [6, 6.07) is 4.89. The maximum atomic E-state index is 13.5. The smallest absolute Gasteiger partial charge is 0.123 e. The molecule has 1 aliphatic rings.